The lowest BCUT2D eigenvalue weighted by atomic mass is 10.1. The molecular formula is C27H29N7O2. The van der Waals surface area contributed by atoms with E-state index in [0.717, 1.165) is 47.3 Å². The number of hydrogen-bond donors (Lipinski definition) is 2. The third kappa shape index (κ3) is 3.97. The maximum absolute atomic E-state index is 12.9. The summed E-state index contributed by atoms with van der Waals surface area (Å²) in [7, 11) is 0. The van der Waals surface area contributed by atoms with Gasteiger partial charge in [0.25, 0.3) is 5.56 Å². The van der Waals surface area contributed by atoms with E-state index in [0.29, 0.717) is 30.1 Å². The van der Waals surface area contributed by atoms with E-state index in [1.807, 2.05) is 28.9 Å². The smallest absolute Gasteiger partial charge is 0.261 e. The van der Waals surface area contributed by atoms with Crippen LogP contribution in [0.3, 0.4) is 0 Å². The van der Waals surface area contributed by atoms with Crippen molar-refractivity contribution >= 4 is 39.1 Å². The Labute approximate surface area is 208 Å². The van der Waals surface area contributed by atoms with Crippen LogP contribution in [0.15, 0.2) is 47.4 Å². The van der Waals surface area contributed by atoms with E-state index in [-0.39, 0.29) is 23.7 Å². The van der Waals surface area contributed by atoms with Crippen molar-refractivity contribution in [1.29, 1.82) is 5.26 Å². The van der Waals surface area contributed by atoms with Crippen molar-refractivity contribution in [3.63, 3.8) is 0 Å². The number of nitrogens with one attached hydrogen (secondary N) is 2. The van der Waals surface area contributed by atoms with Gasteiger partial charge >= 0.3 is 0 Å². The third-order valence-corrected chi connectivity index (χ3v) is 7.27. The number of hydrogen-bond acceptors (Lipinski definition) is 7. The fraction of sp³-hybridized carbons (Fsp3) is 0.407. The molecule has 9 heteroatoms. The van der Waals surface area contributed by atoms with E-state index in [9.17, 15) is 10.1 Å². The second-order valence-electron chi connectivity index (χ2n) is 9.94. The molecule has 2 N–H and O–H groups in total. The van der Waals surface area contributed by atoms with Crippen molar-refractivity contribution in [2.24, 2.45) is 5.92 Å². The van der Waals surface area contributed by atoms with E-state index < -0.39 is 0 Å². The molecule has 0 spiro atoms. The zero-order valence-electron chi connectivity index (χ0n) is 20.4. The van der Waals surface area contributed by atoms with Crippen LogP contribution in [0.2, 0.25) is 0 Å². The average molecular weight is 484 g/mol. The van der Waals surface area contributed by atoms with Gasteiger partial charge in [-0.2, -0.15) is 10.4 Å². The van der Waals surface area contributed by atoms with Gasteiger partial charge in [0.15, 0.2) is 5.82 Å². The predicted molar refractivity (Wildman–Crippen MR) is 140 cm³/mol. The highest BCUT2D eigenvalue weighted by molar-refractivity contribution is 5.97. The highest BCUT2D eigenvalue weighted by atomic mass is 16.5. The minimum absolute atomic E-state index is 0.0445. The highest BCUT2D eigenvalue weighted by Crippen LogP contribution is 2.43. The van der Waals surface area contributed by atoms with Gasteiger partial charge in [0.05, 0.1) is 54.0 Å². The van der Waals surface area contributed by atoms with Crippen molar-refractivity contribution in [1.82, 2.24) is 19.7 Å². The molecule has 0 radical (unpaired) electrons. The molecule has 9 nitrogen and oxygen atoms in total. The van der Waals surface area contributed by atoms with Crippen LogP contribution in [0.1, 0.15) is 39.2 Å². The number of ether oxygens (including phenoxy) is 1. The number of nitriles is 1. The van der Waals surface area contributed by atoms with Crippen LogP contribution in [0.25, 0.3) is 21.8 Å². The molecule has 1 saturated carbocycles. The van der Waals surface area contributed by atoms with Crippen LogP contribution in [0.5, 0.6) is 0 Å². The Kier molecular flexibility index (Phi) is 5.61. The van der Waals surface area contributed by atoms with Crippen LogP contribution < -0.4 is 15.8 Å². The SMILES string of the molecule is CC1CN(c2ccc3cccc(Nc4nn(C(CC#N)C5CC5)c5cc[nH]c(=O)c45)c3n2)C(C)CO1. The maximum atomic E-state index is 12.9. The number of rotatable bonds is 6. The van der Waals surface area contributed by atoms with Crippen LogP contribution in [0, 0.1) is 17.2 Å². The highest BCUT2D eigenvalue weighted by Gasteiger charge is 2.34. The first-order valence-corrected chi connectivity index (χ1v) is 12.6. The second kappa shape index (κ2) is 8.95. The first kappa shape index (κ1) is 22.6. The summed E-state index contributed by atoms with van der Waals surface area (Å²) in [6.45, 7) is 5.66. The van der Waals surface area contributed by atoms with Crippen LogP contribution in [-0.4, -0.2) is 45.0 Å². The summed E-state index contributed by atoms with van der Waals surface area (Å²) in [4.78, 5) is 23.0. The number of anilines is 3. The summed E-state index contributed by atoms with van der Waals surface area (Å²) >= 11 is 0. The Hall–Kier alpha value is -3.90. The second-order valence-corrected chi connectivity index (χ2v) is 9.94. The largest absolute Gasteiger partial charge is 0.375 e. The Bertz CT molecular complexity index is 1530. The Balaban J connectivity index is 1.44. The summed E-state index contributed by atoms with van der Waals surface area (Å²) in [5.41, 5.74) is 2.12. The van der Waals surface area contributed by atoms with Crippen molar-refractivity contribution in [3.05, 3.63) is 52.9 Å². The van der Waals surface area contributed by atoms with E-state index in [2.05, 4.69) is 47.3 Å². The number of morpholine rings is 1. The van der Waals surface area contributed by atoms with Crippen molar-refractivity contribution < 1.29 is 4.74 Å². The Morgan fingerprint density at radius 3 is 2.92 bits per heavy atom. The van der Waals surface area contributed by atoms with Gasteiger partial charge in [-0.05, 0) is 56.9 Å². The Morgan fingerprint density at radius 2 is 2.11 bits per heavy atom. The van der Waals surface area contributed by atoms with E-state index in [1.165, 1.54) is 0 Å². The molecule has 0 bridgehead atoms. The summed E-state index contributed by atoms with van der Waals surface area (Å²) in [6.07, 6.45) is 4.30. The summed E-state index contributed by atoms with van der Waals surface area (Å²) in [5.74, 6) is 1.79. The standard InChI is InChI=1S/C27H29N7O2/c1-16-15-36-17(2)14-33(16)23-9-8-19-4-3-5-20(25(19)31-23)30-26-24-22(11-13-29-27(24)35)34(32-26)21(10-12-28)18-6-7-18/h3-5,8-9,11,13,16-18,21H,6-7,10,14-15H2,1-2H3,(H,29,35)(H,30,32). The Morgan fingerprint density at radius 1 is 1.25 bits per heavy atom. The number of aromatic nitrogens is 4. The third-order valence-electron chi connectivity index (χ3n) is 7.27. The number of benzene rings is 1. The zero-order chi connectivity index (χ0) is 24.8. The molecule has 1 aromatic carbocycles. The first-order chi connectivity index (χ1) is 17.5. The monoisotopic (exact) mass is 483 g/mol. The van der Waals surface area contributed by atoms with E-state index >= 15 is 0 Å². The van der Waals surface area contributed by atoms with Gasteiger partial charge in [-0.25, -0.2) is 4.98 Å². The van der Waals surface area contributed by atoms with Crippen LogP contribution in [0.4, 0.5) is 17.3 Å². The summed E-state index contributed by atoms with van der Waals surface area (Å²) in [5, 5.41) is 19.2. The van der Waals surface area contributed by atoms with Crippen LogP contribution >= 0.6 is 0 Å². The van der Waals surface area contributed by atoms with Crippen molar-refractivity contribution in [2.45, 2.75) is 51.3 Å². The number of fused-ring (bicyclic) bond motifs is 2. The molecule has 4 heterocycles. The van der Waals surface area contributed by atoms with Gasteiger partial charge in [0.2, 0.25) is 0 Å². The molecule has 2 fully saturated rings. The van der Waals surface area contributed by atoms with Gasteiger partial charge in [-0.15, -0.1) is 0 Å². The molecule has 36 heavy (non-hydrogen) atoms. The molecule has 1 aliphatic carbocycles. The van der Waals surface area contributed by atoms with Crippen molar-refractivity contribution in [2.75, 3.05) is 23.4 Å². The average Bonchev–Trinajstić information content (AvgIpc) is 3.66. The molecule has 0 amide bonds. The molecule has 184 valence electrons. The lowest BCUT2D eigenvalue weighted by Gasteiger charge is -2.37. The van der Waals surface area contributed by atoms with E-state index in [1.54, 1.807) is 6.20 Å². The molecule has 3 aromatic heterocycles. The number of para-hydroxylation sites is 1. The fourth-order valence-corrected chi connectivity index (χ4v) is 5.21. The van der Waals surface area contributed by atoms with Gasteiger partial charge in [0.1, 0.15) is 11.2 Å². The lowest BCUT2D eigenvalue weighted by molar-refractivity contribution is 0.0341. The molecular weight excluding hydrogens is 454 g/mol. The molecule has 2 aliphatic rings. The predicted octanol–water partition coefficient (Wildman–Crippen LogP) is 4.49. The number of H-pyrrole nitrogens is 1. The topological polar surface area (TPSA) is 112 Å². The number of aromatic amines is 1. The van der Waals surface area contributed by atoms with Crippen LogP contribution in [-0.2, 0) is 4.74 Å². The first-order valence-electron chi connectivity index (χ1n) is 12.6. The molecule has 6 rings (SSSR count). The van der Waals surface area contributed by atoms with Gasteiger partial charge in [0, 0.05) is 18.1 Å². The molecule has 3 atom stereocenters. The summed E-state index contributed by atoms with van der Waals surface area (Å²) < 4.78 is 7.67. The number of pyridine rings is 2. The van der Waals surface area contributed by atoms with Gasteiger partial charge in [-0.1, -0.05) is 12.1 Å². The normalized spacial score (nSPS) is 21.0. The molecule has 1 saturated heterocycles. The molecule has 3 unspecified atom stereocenters. The fourth-order valence-electron chi connectivity index (χ4n) is 5.21. The molecule has 1 aliphatic heterocycles. The molecule has 4 aromatic rings. The summed E-state index contributed by atoms with van der Waals surface area (Å²) in [6, 6.07) is 14.4. The maximum Gasteiger partial charge on any atom is 0.261 e. The van der Waals surface area contributed by atoms with Crippen molar-refractivity contribution in [3.8, 4) is 6.07 Å². The van der Waals surface area contributed by atoms with Gasteiger partial charge < -0.3 is 19.9 Å². The van der Waals surface area contributed by atoms with Gasteiger partial charge in [-0.3, -0.25) is 9.48 Å². The number of nitrogens with zero attached hydrogens (tertiary/aromatic N) is 5. The quantitative estimate of drug-likeness (QED) is 0.415. The zero-order valence-corrected chi connectivity index (χ0v) is 20.4. The van der Waals surface area contributed by atoms with E-state index in [4.69, 9.17) is 14.8 Å². The minimum atomic E-state index is -0.210. The minimum Gasteiger partial charge on any atom is -0.375 e. The lowest BCUT2D eigenvalue weighted by Crippen LogP contribution is -2.47.